The number of benzene rings is 2. The van der Waals surface area contributed by atoms with E-state index in [1.807, 2.05) is 30.3 Å². The van der Waals surface area contributed by atoms with E-state index in [0.717, 1.165) is 10.8 Å². The molecule has 1 atom stereocenters. The van der Waals surface area contributed by atoms with Gasteiger partial charge in [-0.25, -0.2) is 4.21 Å². The van der Waals surface area contributed by atoms with E-state index in [9.17, 15) is 8.76 Å². The van der Waals surface area contributed by atoms with E-state index >= 15 is 0 Å². The molecule has 0 spiro atoms. The molecule has 0 aliphatic rings. The molecule has 0 saturated heterocycles. The third-order valence-electron chi connectivity index (χ3n) is 1.91. The van der Waals surface area contributed by atoms with Gasteiger partial charge < -0.3 is 14.2 Å². The first kappa shape index (κ1) is 11.6. The molecular formula is C10H9O4S-. The lowest BCUT2D eigenvalue weighted by Crippen LogP contribution is -1.98. The van der Waals surface area contributed by atoms with Crippen molar-refractivity contribution < 1.29 is 18.4 Å². The van der Waals surface area contributed by atoms with E-state index in [0.29, 0.717) is 5.75 Å². The predicted molar refractivity (Wildman–Crippen MR) is 57.1 cm³/mol. The number of rotatable bonds is 2. The van der Waals surface area contributed by atoms with Crippen molar-refractivity contribution in [2.75, 3.05) is 0 Å². The highest BCUT2D eigenvalue weighted by molar-refractivity contribution is 7.74. The van der Waals surface area contributed by atoms with Crippen LogP contribution in [-0.4, -0.2) is 14.2 Å². The summed E-state index contributed by atoms with van der Waals surface area (Å²) < 4.78 is 25.4. The second kappa shape index (κ2) is 4.88. The van der Waals surface area contributed by atoms with E-state index < -0.39 is 11.4 Å². The zero-order valence-corrected chi connectivity index (χ0v) is 8.49. The summed E-state index contributed by atoms with van der Waals surface area (Å²) in [4.78, 5) is 0. The van der Waals surface area contributed by atoms with E-state index in [-0.39, 0.29) is 5.48 Å². The molecule has 0 heterocycles. The molecule has 2 aromatic carbocycles. The van der Waals surface area contributed by atoms with Gasteiger partial charge in [0.05, 0.1) is 0 Å². The van der Waals surface area contributed by atoms with Gasteiger partial charge in [0.2, 0.25) is 0 Å². The highest BCUT2D eigenvalue weighted by atomic mass is 32.2. The van der Waals surface area contributed by atoms with Gasteiger partial charge in [-0.1, -0.05) is 36.4 Å². The van der Waals surface area contributed by atoms with E-state index in [4.69, 9.17) is 0 Å². The Kier molecular flexibility index (Phi) is 3.79. The summed E-state index contributed by atoms with van der Waals surface area (Å²) in [5.41, 5.74) is 0. The fourth-order valence-corrected chi connectivity index (χ4v) is 1.63. The summed E-state index contributed by atoms with van der Waals surface area (Å²) in [6.45, 7) is 0. The highest BCUT2D eigenvalue weighted by Gasteiger charge is 2.00. The van der Waals surface area contributed by atoms with Crippen molar-refractivity contribution in [2.45, 2.75) is 0 Å². The average Bonchev–Trinajstić information content (AvgIpc) is 2.18. The summed E-state index contributed by atoms with van der Waals surface area (Å²) in [5, 5.41) is 1.75. The quantitative estimate of drug-likeness (QED) is 0.720. The van der Waals surface area contributed by atoms with Crippen LogP contribution in [0.2, 0.25) is 0 Å². The van der Waals surface area contributed by atoms with Crippen LogP contribution in [-0.2, 0) is 11.4 Å². The Morgan fingerprint density at radius 2 is 1.73 bits per heavy atom. The lowest BCUT2D eigenvalue weighted by molar-refractivity contribution is 0.442. The van der Waals surface area contributed by atoms with Gasteiger partial charge in [-0.05, 0) is 11.5 Å². The van der Waals surface area contributed by atoms with Gasteiger partial charge in [0.25, 0.3) is 0 Å². The van der Waals surface area contributed by atoms with Gasteiger partial charge in [0.1, 0.15) is 17.1 Å². The average molecular weight is 225 g/mol. The van der Waals surface area contributed by atoms with Gasteiger partial charge in [-0.3, -0.25) is 0 Å². The normalized spacial score (nSPS) is 11.8. The molecule has 2 N–H and O–H groups in total. The summed E-state index contributed by atoms with van der Waals surface area (Å²) in [6.07, 6.45) is 0. The Hall–Kier alpha value is -1.43. The molecule has 0 amide bonds. The van der Waals surface area contributed by atoms with Crippen molar-refractivity contribution >= 4 is 22.1 Å². The van der Waals surface area contributed by atoms with Crippen LogP contribution in [0.3, 0.4) is 0 Å². The molecule has 0 fully saturated rings. The molecule has 15 heavy (non-hydrogen) atoms. The first-order valence-corrected chi connectivity index (χ1v) is 5.03. The van der Waals surface area contributed by atoms with Gasteiger partial charge in [0, 0.05) is 5.39 Å². The van der Waals surface area contributed by atoms with Crippen LogP contribution in [0.5, 0.6) is 5.75 Å². The fourth-order valence-electron chi connectivity index (χ4n) is 1.34. The fraction of sp³-hybridized carbons (Fsp3) is 0. The zero-order chi connectivity index (χ0) is 9.97. The van der Waals surface area contributed by atoms with Crippen molar-refractivity contribution in [2.24, 2.45) is 0 Å². The summed E-state index contributed by atoms with van der Waals surface area (Å²) in [7, 11) is 0. The molecule has 0 radical (unpaired) electrons. The Bertz CT molecular complexity index is 478. The predicted octanol–water partition coefficient (Wildman–Crippen LogP) is 1.19. The standard InChI is InChI=1S/C10H8O3S.H2O/c11-14(12)13-10-7-3-5-8-4-1-2-6-9(8)10;/h1-7H,(H,11,12);1H2/p-1. The number of fused-ring (bicyclic) bond motifs is 1. The SMILES string of the molecule is O.O=S([O-])Oc1cccc2ccccc12. The third kappa shape index (κ3) is 2.53. The van der Waals surface area contributed by atoms with Crippen molar-refractivity contribution in [3.8, 4) is 5.75 Å². The molecule has 0 aliphatic carbocycles. The van der Waals surface area contributed by atoms with Crippen LogP contribution >= 0.6 is 0 Å². The first-order chi connectivity index (χ1) is 6.77. The van der Waals surface area contributed by atoms with Crippen LogP contribution in [0.15, 0.2) is 42.5 Å². The third-order valence-corrected chi connectivity index (χ3v) is 2.22. The molecule has 5 heteroatoms. The molecule has 2 aromatic rings. The maximum absolute atomic E-state index is 10.4. The van der Waals surface area contributed by atoms with Gasteiger partial charge in [-0.2, -0.15) is 0 Å². The van der Waals surface area contributed by atoms with Crippen LogP contribution in [0.25, 0.3) is 10.8 Å². The molecule has 4 nitrogen and oxygen atoms in total. The largest absolute Gasteiger partial charge is 0.740 e. The molecule has 0 aromatic heterocycles. The highest BCUT2D eigenvalue weighted by Crippen LogP contribution is 2.25. The van der Waals surface area contributed by atoms with Gasteiger partial charge in [-0.15, -0.1) is 0 Å². The summed E-state index contributed by atoms with van der Waals surface area (Å²) in [5.74, 6) is 0.358. The minimum absolute atomic E-state index is 0. The maximum Gasteiger partial charge on any atom is 0.147 e. The topological polar surface area (TPSA) is 80.9 Å². The molecule has 0 saturated carbocycles. The molecular weight excluding hydrogens is 216 g/mol. The van der Waals surface area contributed by atoms with Crippen LogP contribution < -0.4 is 4.18 Å². The Balaban J connectivity index is 0.00000112. The minimum atomic E-state index is -2.52. The number of hydrogen-bond acceptors (Lipinski definition) is 3. The second-order valence-electron chi connectivity index (χ2n) is 2.76. The Labute approximate surface area is 89.3 Å². The molecule has 0 aliphatic heterocycles. The van der Waals surface area contributed by atoms with Crippen LogP contribution in [0.1, 0.15) is 0 Å². The second-order valence-corrected chi connectivity index (χ2v) is 3.34. The number of hydrogen-bond donors (Lipinski definition) is 0. The first-order valence-electron chi connectivity index (χ1n) is 4.03. The molecule has 2 rings (SSSR count). The maximum atomic E-state index is 10.4. The Morgan fingerprint density at radius 3 is 2.47 bits per heavy atom. The monoisotopic (exact) mass is 225 g/mol. The lowest BCUT2D eigenvalue weighted by atomic mass is 10.1. The molecule has 1 unspecified atom stereocenters. The van der Waals surface area contributed by atoms with E-state index in [2.05, 4.69) is 4.18 Å². The zero-order valence-electron chi connectivity index (χ0n) is 7.67. The van der Waals surface area contributed by atoms with Crippen molar-refractivity contribution in [1.82, 2.24) is 0 Å². The summed E-state index contributed by atoms with van der Waals surface area (Å²) in [6, 6.07) is 12.7. The van der Waals surface area contributed by atoms with Gasteiger partial charge >= 0.3 is 0 Å². The van der Waals surface area contributed by atoms with Crippen molar-refractivity contribution in [3.63, 3.8) is 0 Å². The smallest absolute Gasteiger partial charge is 0.147 e. The Morgan fingerprint density at radius 1 is 1.07 bits per heavy atom. The van der Waals surface area contributed by atoms with Crippen LogP contribution in [0.4, 0.5) is 0 Å². The molecule has 0 bridgehead atoms. The summed E-state index contributed by atoms with van der Waals surface area (Å²) >= 11 is -2.52. The van der Waals surface area contributed by atoms with Gasteiger partial charge in [0.15, 0.2) is 0 Å². The van der Waals surface area contributed by atoms with E-state index in [1.54, 1.807) is 12.1 Å². The van der Waals surface area contributed by atoms with Crippen molar-refractivity contribution in [3.05, 3.63) is 42.5 Å². The van der Waals surface area contributed by atoms with E-state index in [1.165, 1.54) is 0 Å². The minimum Gasteiger partial charge on any atom is -0.740 e. The van der Waals surface area contributed by atoms with Crippen molar-refractivity contribution in [1.29, 1.82) is 0 Å². The molecule has 80 valence electrons. The lowest BCUT2D eigenvalue weighted by Gasteiger charge is -2.09. The van der Waals surface area contributed by atoms with Crippen LogP contribution in [0, 0.1) is 0 Å².